The van der Waals surface area contributed by atoms with Gasteiger partial charge in [0.25, 0.3) is 5.56 Å². The second kappa shape index (κ2) is 8.04. The lowest BCUT2D eigenvalue weighted by molar-refractivity contribution is -0.116. The predicted molar refractivity (Wildman–Crippen MR) is 95.9 cm³/mol. The molecule has 1 aromatic heterocycles. The van der Waals surface area contributed by atoms with E-state index >= 15 is 0 Å². The molecule has 0 aliphatic carbocycles. The molecule has 150 valence electrons. The van der Waals surface area contributed by atoms with E-state index in [1.165, 1.54) is 6.07 Å². The molecule has 0 saturated carbocycles. The smallest absolute Gasteiger partial charge is 0.328 e. The molecule has 1 aliphatic rings. The van der Waals surface area contributed by atoms with Crippen LogP contribution in [-0.4, -0.2) is 54.5 Å². The van der Waals surface area contributed by atoms with Crippen molar-refractivity contribution in [3.63, 3.8) is 0 Å². The SMILES string of the molecule is O=C(Cn1ccc(=O)[nH]c1=O)Nc1ccc(F)c(S(=O)(=O)N2CCOCC2)c1. The Morgan fingerprint density at radius 3 is 2.61 bits per heavy atom. The molecule has 0 unspecified atom stereocenters. The van der Waals surface area contributed by atoms with Crippen molar-refractivity contribution < 1.29 is 22.3 Å². The number of benzene rings is 1. The maximum atomic E-state index is 14.2. The normalized spacial score (nSPS) is 15.3. The topological polar surface area (TPSA) is 131 Å². The van der Waals surface area contributed by atoms with Crippen molar-refractivity contribution in [1.82, 2.24) is 13.9 Å². The standard InChI is InChI=1S/C16H17FN4O6S/c17-12-2-1-11(9-13(12)28(25,26)21-5-7-27-8-6-21)18-15(23)10-20-4-3-14(22)19-16(20)24/h1-4,9H,5-8,10H2,(H,18,23)(H,19,22,24). The van der Waals surface area contributed by atoms with E-state index in [2.05, 4.69) is 5.32 Å². The molecule has 1 fully saturated rings. The van der Waals surface area contributed by atoms with Crippen molar-refractivity contribution in [2.45, 2.75) is 11.4 Å². The maximum Gasteiger partial charge on any atom is 0.328 e. The Morgan fingerprint density at radius 2 is 1.93 bits per heavy atom. The molecular formula is C16H17FN4O6S. The summed E-state index contributed by atoms with van der Waals surface area (Å²) in [4.78, 5) is 36.2. The quantitative estimate of drug-likeness (QED) is 0.670. The number of amides is 1. The lowest BCUT2D eigenvalue weighted by Gasteiger charge is -2.26. The molecule has 0 radical (unpaired) electrons. The van der Waals surface area contributed by atoms with Crippen molar-refractivity contribution in [2.24, 2.45) is 0 Å². The van der Waals surface area contributed by atoms with Gasteiger partial charge in [-0.2, -0.15) is 4.31 Å². The number of halogens is 1. The highest BCUT2D eigenvalue weighted by Crippen LogP contribution is 2.23. The van der Waals surface area contributed by atoms with E-state index in [-0.39, 0.29) is 32.0 Å². The van der Waals surface area contributed by atoms with Gasteiger partial charge in [0.2, 0.25) is 15.9 Å². The Labute approximate surface area is 158 Å². The molecular weight excluding hydrogens is 395 g/mol. The largest absolute Gasteiger partial charge is 0.379 e. The molecule has 0 bridgehead atoms. The minimum atomic E-state index is -4.09. The monoisotopic (exact) mass is 412 g/mol. The second-order valence-corrected chi connectivity index (χ2v) is 7.85. The number of ether oxygens (including phenoxy) is 1. The van der Waals surface area contributed by atoms with E-state index in [0.29, 0.717) is 0 Å². The summed E-state index contributed by atoms with van der Waals surface area (Å²) in [5, 5.41) is 2.41. The number of H-pyrrole nitrogens is 1. The zero-order valence-electron chi connectivity index (χ0n) is 14.6. The molecule has 3 rings (SSSR count). The van der Waals surface area contributed by atoms with Crippen LogP contribution in [0.1, 0.15) is 0 Å². The molecule has 2 N–H and O–H groups in total. The fourth-order valence-corrected chi connectivity index (χ4v) is 4.13. The maximum absolute atomic E-state index is 14.2. The van der Waals surface area contributed by atoms with E-state index < -0.39 is 44.4 Å². The summed E-state index contributed by atoms with van der Waals surface area (Å²) < 4.78 is 46.7. The fourth-order valence-electron chi connectivity index (χ4n) is 2.63. The van der Waals surface area contributed by atoms with E-state index in [9.17, 15) is 27.2 Å². The van der Waals surface area contributed by atoms with Gasteiger partial charge in [-0.1, -0.05) is 0 Å². The lowest BCUT2D eigenvalue weighted by atomic mass is 10.3. The first-order valence-electron chi connectivity index (χ1n) is 8.24. The second-order valence-electron chi connectivity index (χ2n) is 5.95. The number of nitrogens with zero attached hydrogens (tertiary/aromatic N) is 2. The Morgan fingerprint density at radius 1 is 1.21 bits per heavy atom. The first kappa shape index (κ1) is 19.9. The number of rotatable bonds is 5. The van der Waals surface area contributed by atoms with Crippen LogP contribution in [0.4, 0.5) is 10.1 Å². The molecule has 1 amide bonds. The molecule has 10 nitrogen and oxygen atoms in total. The Hall–Kier alpha value is -2.83. The van der Waals surface area contributed by atoms with Crippen LogP contribution in [0.25, 0.3) is 0 Å². The van der Waals surface area contributed by atoms with Crippen molar-refractivity contribution >= 4 is 21.6 Å². The first-order chi connectivity index (χ1) is 13.3. The van der Waals surface area contributed by atoms with Crippen LogP contribution in [0.15, 0.2) is 44.9 Å². The predicted octanol–water partition coefficient (Wildman–Crippen LogP) is -0.665. The van der Waals surface area contributed by atoms with E-state index in [1.54, 1.807) is 0 Å². The van der Waals surface area contributed by atoms with E-state index in [0.717, 1.165) is 33.3 Å². The summed E-state index contributed by atoms with van der Waals surface area (Å²) in [5.74, 6) is -1.60. The first-order valence-corrected chi connectivity index (χ1v) is 9.68. The molecule has 1 saturated heterocycles. The number of anilines is 1. The van der Waals surface area contributed by atoms with Gasteiger partial charge in [0.15, 0.2) is 0 Å². The third kappa shape index (κ3) is 4.35. The van der Waals surface area contributed by atoms with Gasteiger partial charge in [-0.3, -0.25) is 19.1 Å². The van der Waals surface area contributed by atoms with Gasteiger partial charge in [0.1, 0.15) is 17.3 Å². The average molecular weight is 412 g/mol. The number of carbonyl (C=O) groups is 1. The van der Waals surface area contributed by atoms with Gasteiger partial charge in [-0.15, -0.1) is 0 Å². The number of nitrogens with one attached hydrogen (secondary N) is 2. The summed E-state index contributed by atoms with van der Waals surface area (Å²) in [6.45, 7) is 0.218. The molecule has 12 heteroatoms. The third-order valence-electron chi connectivity index (χ3n) is 4.01. The number of hydrogen-bond donors (Lipinski definition) is 2. The highest BCUT2D eigenvalue weighted by Gasteiger charge is 2.29. The van der Waals surface area contributed by atoms with Crippen LogP contribution in [0.5, 0.6) is 0 Å². The summed E-state index contributed by atoms with van der Waals surface area (Å²) in [6.07, 6.45) is 1.15. The minimum Gasteiger partial charge on any atom is -0.379 e. The third-order valence-corrected chi connectivity index (χ3v) is 5.93. The van der Waals surface area contributed by atoms with Crippen LogP contribution in [-0.2, 0) is 26.1 Å². The molecule has 0 atom stereocenters. The average Bonchev–Trinajstić information content (AvgIpc) is 2.66. The number of aromatic nitrogens is 2. The molecule has 1 aliphatic heterocycles. The Kier molecular flexibility index (Phi) is 5.72. The van der Waals surface area contributed by atoms with Gasteiger partial charge in [0.05, 0.1) is 13.2 Å². The molecule has 2 heterocycles. The molecule has 1 aromatic carbocycles. The van der Waals surface area contributed by atoms with Crippen molar-refractivity contribution in [2.75, 3.05) is 31.6 Å². The molecule has 0 spiro atoms. The van der Waals surface area contributed by atoms with Crippen LogP contribution in [0.3, 0.4) is 0 Å². The number of aromatic amines is 1. The highest BCUT2D eigenvalue weighted by atomic mass is 32.2. The Balaban J connectivity index is 1.80. The number of carbonyl (C=O) groups excluding carboxylic acids is 1. The van der Waals surface area contributed by atoms with Gasteiger partial charge in [-0.25, -0.2) is 17.6 Å². The minimum absolute atomic E-state index is 0.0516. The number of sulfonamides is 1. The highest BCUT2D eigenvalue weighted by molar-refractivity contribution is 7.89. The number of morpholine rings is 1. The van der Waals surface area contributed by atoms with Crippen LogP contribution in [0, 0.1) is 5.82 Å². The molecule has 28 heavy (non-hydrogen) atoms. The van der Waals surface area contributed by atoms with Gasteiger partial charge in [-0.05, 0) is 18.2 Å². The zero-order chi connectivity index (χ0) is 20.3. The van der Waals surface area contributed by atoms with Gasteiger partial charge >= 0.3 is 5.69 Å². The van der Waals surface area contributed by atoms with Crippen molar-refractivity contribution in [1.29, 1.82) is 0 Å². The zero-order valence-corrected chi connectivity index (χ0v) is 15.4. The molecule has 2 aromatic rings. The van der Waals surface area contributed by atoms with E-state index in [4.69, 9.17) is 4.74 Å². The number of hydrogen-bond acceptors (Lipinski definition) is 6. The Bertz CT molecular complexity index is 1100. The van der Waals surface area contributed by atoms with E-state index in [1.807, 2.05) is 4.98 Å². The summed E-state index contributed by atoms with van der Waals surface area (Å²) in [6, 6.07) is 4.25. The summed E-state index contributed by atoms with van der Waals surface area (Å²) in [5.41, 5.74) is -1.31. The summed E-state index contributed by atoms with van der Waals surface area (Å²) >= 11 is 0. The van der Waals surface area contributed by atoms with Crippen LogP contribution >= 0.6 is 0 Å². The van der Waals surface area contributed by atoms with Crippen LogP contribution < -0.4 is 16.6 Å². The van der Waals surface area contributed by atoms with Crippen molar-refractivity contribution in [3.05, 3.63) is 57.1 Å². The summed E-state index contributed by atoms with van der Waals surface area (Å²) in [7, 11) is -4.09. The van der Waals surface area contributed by atoms with Crippen molar-refractivity contribution in [3.8, 4) is 0 Å². The van der Waals surface area contributed by atoms with Gasteiger partial charge < -0.3 is 10.1 Å². The van der Waals surface area contributed by atoms with Gasteiger partial charge in [0, 0.05) is 31.0 Å². The van der Waals surface area contributed by atoms with Crippen LogP contribution in [0.2, 0.25) is 0 Å². The lowest BCUT2D eigenvalue weighted by Crippen LogP contribution is -2.40. The fraction of sp³-hybridized carbons (Fsp3) is 0.312.